The van der Waals surface area contributed by atoms with Gasteiger partial charge in [-0.1, -0.05) is 6.07 Å². The van der Waals surface area contributed by atoms with E-state index in [1.54, 1.807) is 6.33 Å². The van der Waals surface area contributed by atoms with Crippen molar-refractivity contribution in [3.05, 3.63) is 30.2 Å². The summed E-state index contributed by atoms with van der Waals surface area (Å²) in [6.45, 7) is 2.16. The van der Waals surface area contributed by atoms with Crippen LogP contribution in [0, 0.1) is 0 Å². The summed E-state index contributed by atoms with van der Waals surface area (Å²) in [6.07, 6.45) is 2.81. The van der Waals surface area contributed by atoms with E-state index in [9.17, 15) is 0 Å². The molecule has 0 spiro atoms. The molecule has 0 aliphatic carbocycles. The minimum Gasteiger partial charge on any atom is -0.316 e. The van der Waals surface area contributed by atoms with Crippen molar-refractivity contribution in [1.82, 2.24) is 19.9 Å². The van der Waals surface area contributed by atoms with Gasteiger partial charge in [-0.2, -0.15) is 5.10 Å². The van der Waals surface area contributed by atoms with Gasteiger partial charge in [0.2, 0.25) is 0 Å². The largest absolute Gasteiger partial charge is 0.316 e. The van der Waals surface area contributed by atoms with Gasteiger partial charge in [-0.3, -0.25) is 0 Å². The topological polar surface area (TPSA) is 42.2 Å². The Morgan fingerprint density at radius 3 is 3.29 bits per heavy atom. The Morgan fingerprint density at radius 1 is 1.43 bits per heavy atom. The van der Waals surface area contributed by atoms with E-state index in [2.05, 4.69) is 27.5 Å². The molecule has 3 heterocycles. The van der Waals surface area contributed by atoms with Crippen molar-refractivity contribution < 1.29 is 0 Å². The number of aromatic nitrogens is 3. The molecule has 2 aromatic heterocycles. The molecular weight excluding hydrogens is 176 g/mol. The first-order valence-electron chi connectivity index (χ1n) is 4.94. The first-order valence-corrected chi connectivity index (χ1v) is 4.94. The van der Waals surface area contributed by atoms with Gasteiger partial charge in [-0.05, 0) is 25.1 Å². The monoisotopic (exact) mass is 188 g/mol. The second-order valence-corrected chi connectivity index (χ2v) is 3.67. The molecule has 1 fully saturated rings. The quantitative estimate of drug-likeness (QED) is 0.720. The number of pyridine rings is 1. The number of hydrogen-bond donors (Lipinski definition) is 1. The Morgan fingerprint density at radius 2 is 2.43 bits per heavy atom. The molecule has 4 nitrogen and oxygen atoms in total. The molecule has 1 saturated heterocycles. The van der Waals surface area contributed by atoms with E-state index in [1.807, 2.05) is 10.6 Å². The molecule has 0 bridgehead atoms. The molecule has 2 aromatic rings. The van der Waals surface area contributed by atoms with Crippen molar-refractivity contribution in [3.8, 4) is 0 Å². The summed E-state index contributed by atoms with van der Waals surface area (Å²) >= 11 is 0. The molecule has 0 amide bonds. The molecule has 14 heavy (non-hydrogen) atoms. The lowest BCUT2D eigenvalue weighted by Crippen LogP contribution is -2.10. The fraction of sp³-hybridized carbons (Fsp3) is 0.400. The van der Waals surface area contributed by atoms with Crippen LogP contribution in [0.3, 0.4) is 0 Å². The highest BCUT2D eigenvalue weighted by atomic mass is 15.3. The molecular formula is C10H12N4. The van der Waals surface area contributed by atoms with E-state index < -0.39 is 0 Å². The van der Waals surface area contributed by atoms with E-state index in [1.165, 1.54) is 12.1 Å². The molecule has 1 aliphatic rings. The summed E-state index contributed by atoms with van der Waals surface area (Å²) in [5.74, 6) is 0.584. The van der Waals surface area contributed by atoms with E-state index in [0.29, 0.717) is 5.92 Å². The molecule has 3 rings (SSSR count). The number of nitrogens with zero attached hydrogens (tertiary/aromatic N) is 3. The van der Waals surface area contributed by atoms with Crippen molar-refractivity contribution in [1.29, 1.82) is 0 Å². The third-order valence-electron chi connectivity index (χ3n) is 2.81. The summed E-state index contributed by atoms with van der Waals surface area (Å²) < 4.78 is 1.94. The molecule has 0 aromatic carbocycles. The van der Waals surface area contributed by atoms with Gasteiger partial charge in [0.25, 0.3) is 0 Å². The zero-order chi connectivity index (χ0) is 9.38. The van der Waals surface area contributed by atoms with Crippen molar-refractivity contribution in [2.24, 2.45) is 0 Å². The maximum Gasteiger partial charge on any atom is 0.155 e. The predicted molar refractivity (Wildman–Crippen MR) is 53.2 cm³/mol. The molecule has 1 aliphatic heterocycles. The van der Waals surface area contributed by atoms with Crippen LogP contribution >= 0.6 is 0 Å². The Bertz CT molecular complexity index is 442. The summed E-state index contributed by atoms with van der Waals surface area (Å²) in [4.78, 5) is 4.18. The Kier molecular flexibility index (Phi) is 1.73. The predicted octanol–water partition coefficient (Wildman–Crippen LogP) is 0.806. The standard InChI is InChI=1S/C10H12N4/c1-2-9(8-4-5-11-6-8)14-10(3-1)12-7-13-14/h1-3,7-8,11H,4-6H2. The maximum atomic E-state index is 4.24. The molecule has 72 valence electrons. The van der Waals surface area contributed by atoms with Crippen molar-refractivity contribution in [2.75, 3.05) is 13.1 Å². The van der Waals surface area contributed by atoms with Crippen LogP contribution in [0.4, 0.5) is 0 Å². The van der Waals surface area contributed by atoms with Gasteiger partial charge < -0.3 is 5.32 Å². The van der Waals surface area contributed by atoms with Gasteiger partial charge in [-0.15, -0.1) is 0 Å². The third-order valence-corrected chi connectivity index (χ3v) is 2.81. The van der Waals surface area contributed by atoms with Crippen LogP contribution in [0.5, 0.6) is 0 Å². The highest BCUT2D eigenvalue weighted by Crippen LogP contribution is 2.21. The van der Waals surface area contributed by atoms with Crippen molar-refractivity contribution >= 4 is 5.65 Å². The van der Waals surface area contributed by atoms with E-state index in [4.69, 9.17) is 0 Å². The lowest BCUT2D eigenvalue weighted by Gasteiger charge is -2.09. The third kappa shape index (κ3) is 1.11. The van der Waals surface area contributed by atoms with Gasteiger partial charge in [-0.25, -0.2) is 9.50 Å². The van der Waals surface area contributed by atoms with Crippen LogP contribution in [0.1, 0.15) is 18.0 Å². The highest BCUT2D eigenvalue weighted by molar-refractivity contribution is 5.38. The van der Waals surface area contributed by atoms with Crippen LogP contribution in [0.15, 0.2) is 24.5 Å². The van der Waals surface area contributed by atoms with Gasteiger partial charge in [0, 0.05) is 18.2 Å². The molecule has 1 unspecified atom stereocenters. The summed E-state index contributed by atoms with van der Waals surface area (Å²) in [5, 5.41) is 7.61. The lowest BCUT2D eigenvalue weighted by molar-refractivity contribution is 0.696. The SMILES string of the molecule is c1cc(C2CCNC2)n2ncnc2c1. The zero-order valence-electron chi connectivity index (χ0n) is 7.85. The van der Waals surface area contributed by atoms with E-state index >= 15 is 0 Å². The molecule has 0 radical (unpaired) electrons. The highest BCUT2D eigenvalue weighted by Gasteiger charge is 2.19. The Hall–Kier alpha value is -1.42. The average molecular weight is 188 g/mol. The first kappa shape index (κ1) is 7.94. The molecule has 4 heteroatoms. The average Bonchev–Trinajstić information content (AvgIpc) is 2.88. The molecule has 1 N–H and O–H groups in total. The van der Waals surface area contributed by atoms with Crippen LogP contribution in [0.2, 0.25) is 0 Å². The summed E-state index contributed by atoms with van der Waals surface area (Å²) in [6, 6.07) is 6.18. The number of nitrogens with one attached hydrogen (secondary N) is 1. The normalized spacial score (nSPS) is 21.9. The van der Waals surface area contributed by atoms with Gasteiger partial charge in [0.05, 0.1) is 0 Å². The maximum absolute atomic E-state index is 4.24. The first-order chi connectivity index (χ1) is 6.95. The molecule has 1 atom stereocenters. The lowest BCUT2D eigenvalue weighted by atomic mass is 10.0. The fourth-order valence-electron chi connectivity index (χ4n) is 2.08. The summed E-state index contributed by atoms with van der Waals surface area (Å²) in [7, 11) is 0. The number of hydrogen-bond acceptors (Lipinski definition) is 3. The second-order valence-electron chi connectivity index (χ2n) is 3.67. The fourth-order valence-corrected chi connectivity index (χ4v) is 2.08. The number of fused-ring (bicyclic) bond motifs is 1. The van der Waals surface area contributed by atoms with E-state index in [-0.39, 0.29) is 0 Å². The van der Waals surface area contributed by atoms with Gasteiger partial charge in [0.1, 0.15) is 6.33 Å². The zero-order valence-corrected chi connectivity index (χ0v) is 7.85. The Labute approximate surface area is 82.0 Å². The van der Waals surface area contributed by atoms with Gasteiger partial charge >= 0.3 is 0 Å². The van der Waals surface area contributed by atoms with Crippen molar-refractivity contribution in [2.45, 2.75) is 12.3 Å². The van der Waals surface area contributed by atoms with Crippen LogP contribution in [-0.4, -0.2) is 27.7 Å². The van der Waals surface area contributed by atoms with Gasteiger partial charge in [0.15, 0.2) is 5.65 Å². The smallest absolute Gasteiger partial charge is 0.155 e. The minimum absolute atomic E-state index is 0.584. The minimum atomic E-state index is 0.584. The summed E-state index contributed by atoms with van der Waals surface area (Å²) in [5.41, 5.74) is 2.21. The van der Waals surface area contributed by atoms with Crippen LogP contribution in [-0.2, 0) is 0 Å². The van der Waals surface area contributed by atoms with E-state index in [0.717, 1.165) is 18.7 Å². The molecule has 0 saturated carbocycles. The Balaban J connectivity index is 2.14. The van der Waals surface area contributed by atoms with Crippen molar-refractivity contribution in [3.63, 3.8) is 0 Å². The second kappa shape index (κ2) is 3.06. The van der Waals surface area contributed by atoms with Crippen LogP contribution in [0.25, 0.3) is 5.65 Å². The number of rotatable bonds is 1. The van der Waals surface area contributed by atoms with Crippen LogP contribution < -0.4 is 5.32 Å².